The van der Waals surface area contributed by atoms with E-state index in [1.165, 1.54) is 35.9 Å². The molecule has 0 spiro atoms. The predicted octanol–water partition coefficient (Wildman–Crippen LogP) is 4.42. The van der Waals surface area contributed by atoms with Crippen molar-refractivity contribution in [2.45, 2.75) is 50.9 Å². The molecule has 1 fully saturated rings. The quantitative estimate of drug-likeness (QED) is 0.317. The average molecular weight is 546 g/mol. The summed E-state index contributed by atoms with van der Waals surface area (Å²) in [7, 11) is 3.06. The Morgan fingerprint density at radius 1 is 1.02 bits per heavy atom. The molecule has 2 amide bonds. The van der Waals surface area contributed by atoms with Crippen LogP contribution in [0.15, 0.2) is 66.7 Å². The highest BCUT2D eigenvalue weighted by atomic mass is 19.1. The molecule has 1 aliphatic rings. The molecular formula is C30H32FN5O4. The fourth-order valence-corrected chi connectivity index (χ4v) is 5.17. The smallest absolute Gasteiger partial charge is 0.247 e. The number of carbonyl (C=O) groups is 2. The number of rotatable bonds is 10. The summed E-state index contributed by atoms with van der Waals surface area (Å²) < 4.78 is 26.2. The number of halogens is 1. The minimum absolute atomic E-state index is 0.0320. The standard InChI is InChI=1S/C30H32FN5O4/c1-39-24-15-21(16-25(17-24)40-2)29(30(38)32-23-7-3-4-8-23)35(18-20-11-13-22(31)14-12-20)28(37)19-36-27-10-6-5-9-26(27)33-34-36/h5-6,9-17,23,29H,3-4,7-8,18-19H2,1-2H3,(H,32,38)/t29-/m1/s1. The van der Waals surface area contributed by atoms with E-state index in [-0.39, 0.29) is 36.8 Å². The van der Waals surface area contributed by atoms with Crippen LogP contribution in [0.1, 0.15) is 42.9 Å². The Morgan fingerprint density at radius 3 is 2.38 bits per heavy atom. The summed E-state index contributed by atoms with van der Waals surface area (Å²) in [6.07, 6.45) is 3.86. The summed E-state index contributed by atoms with van der Waals surface area (Å²) in [5.74, 6) is -0.0628. The Morgan fingerprint density at radius 2 is 1.70 bits per heavy atom. The van der Waals surface area contributed by atoms with E-state index in [4.69, 9.17) is 9.47 Å². The van der Waals surface area contributed by atoms with Crippen LogP contribution in [0.3, 0.4) is 0 Å². The molecule has 0 aliphatic heterocycles. The first-order chi connectivity index (χ1) is 19.4. The lowest BCUT2D eigenvalue weighted by Gasteiger charge is -2.33. The maximum Gasteiger partial charge on any atom is 0.247 e. The number of fused-ring (bicyclic) bond motifs is 1. The van der Waals surface area contributed by atoms with Crippen molar-refractivity contribution in [2.75, 3.05) is 14.2 Å². The number of methoxy groups -OCH3 is 2. The fraction of sp³-hybridized carbons (Fsp3) is 0.333. The molecule has 0 unspecified atom stereocenters. The molecule has 1 saturated carbocycles. The van der Waals surface area contributed by atoms with Gasteiger partial charge in [-0.3, -0.25) is 9.59 Å². The molecule has 1 atom stereocenters. The lowest BCUT2D eigenvalue weighted by atomic mass is 10.0. The molecule has 1 aromatic heterocycles. The average Bonchev–Trinajstić information content (AvgIpc) is 3.63. The number of nitrogens with one attached hydrogen (secondary N) is 1. The molecule has 0 saturated heterocycles. The van der Waals surface area contributed by atoms with Gasteiger partial charge in [0.05, 0.1) is 19.7 Å². The highest BCUT2D eigenvalue weighted by Gasteiger charge is 2.34. The molecule has 9 nitrogen and oxygen atoms in total. The van der Waals surface area contributed by atoms with Gasteiger partial charge in [-0.25, -0.2) is 9.07 Å². The van der Waals surface area contributed by atoms with Crippen molar-refractivity contribution in [2.24, 2.45) is 0 Å². The largest absolute Gasteiger partial charge is 0.497 e. The van der Waals surface area contributed by atoms with Gasteiger partial charge in [-0.05, 0) is 60.4 Å². The fourth-order valence-electron chi connectivity index (χ4n) is 5.17. The van der Waals surface area contributed by atoms with Gasteiger partial charge < -0.3 is 19.7 Å². The summed E-state index contributed by atoms with van der Waals surface area (Å²) >= 11 is 0. The number of para-hydroxylation sites is 1. The Hall–Kier alpha value is -4.47. The Labute approximate surface area is 231 Å². The molecule has 208 valence electrons. The first-order valence-electron chi connectivity index (χ1n) is 13.3. The molecule has 10 heteroatoms. The monoisotopic (exact) mass is 545 g/mol. The van der Waals surface area contributed by atoms with Crippen LogP contribution < -0.4 is 14.8 Å². The SMILES string of the molecule is COc1cc(OC)cc([C@H](C(=O)NC2CCCC2)N(Cc2ccc(F)cc2)C(=O)Cn2nnc3ccccc32)c1. The summed E-state index contributed by atoms with van der Waals surface area (Å²) in [6, 6.07) is 17.4. The zero-order valence-electron chi connectivity index (χ0n) is 22.5. The topological polar surface area (TPSA) is 98.6 Å². The van der Waals surface area contributed by atoms with E-state index < -0.39 is 6.04 Å². The predicted molar refractivity (Wildman–Crippen MR) is 147 cm³/mol. The minimum atomic E-state index is -1.02. The van der Waals surface area contributed by atoms with Crippen molar-refractivity contribution in [1.82, 2.24) is 25.2 Å². The van der Waals surface area contributed by atoms with E-state index in [0.29, 0.717) is 33.7 Å². The van der Waals surface area contributed by atoms with Crippen molar-refractivity contribution in [3.8, 4) is 11.5 Å². The number of benzene rings is 3. The van der Waals surface area contributed by atoms with E-state index >= 15 is 0 Å². The lowest BCUT2D eigenvalue weighted by molar-refractivity contribution is -0.142. The number of carbonyl (C=O) groups excluding carboxylic acids is 2. The first kappa shape index (κ1) is 27.1. The molecule has 1 heterocycles. The van der Waals surface area contributed by atoms with E-state index in [2.05, 4.69) is 15.6 Å². The number of hydrogen-bond acceptors (Lipinski definition) is 6. The zero-order chi connectivity index (χ0) is 28.1. The van der Waals surface area contributed by atoms with Gasteiger partial charge in [0, 0.05) is 18.7 Å². The molecule has 3 aromatic carbocycles. The van der Waals surface area contributed by atoms with Crippen molar-refractivity contribution >= 4 is 22.8 Å². The molecule has 0 radical (unpaired) electrons. The van der Waals surface area contributed by atoms with E-state index in [1.54, 1.807) is 30.3 Å². The van der Waals surface area contributed by atoms with Crippen LogP contribution in [-0.2, 0) is 22.7 Å². The van der Waals surface area contributed by atoms with Crippen LogP contribution in [-0.4, -0.2) is 52.0 Å². The molecule has 40 heavy (non-hydrogen) atoms. The van der Waals surface area contributed by atoms with Crippen molar-refractivity contribution in [3.63, 3.8) is 0 Å². The Kier molecular flexibility index (Phi) is 8.23. The molecular weight excluding hydrogens is 513 g/mol. The molecule has 1 aliphatic carbocycles. The lowest BCUT2D eigenvalue weighted by Crippen LogP contribution is -2.46. The minimum Gasteiger partial charge on any atom is -0.497 e. The van der Waals surface area contributed by atoms with Crippen LogP contribution in [0.2, 0.25) is 0 Å². The van der Waals surface area contributed by atoms with Gasteiger partial charge in [0.2, 0.25) is 11.8 Å². The number of aromatic nitrogens is 3. The second-order valence-electron chi connectivity index (χ2n) is 9.92. The summed E-state index contributed by atoms with van der Waals surface area (Å²) in [6.45, 7) is -0.0793. The number of amides is 2. The van der Waals surface area contributed by atoms with Gasteiger partial charge in [-0.1, -0.05) is 42.3 Å². The van der Waals surface area contributed by atoms with E-state index in [1.807, 2.05) is 24.3 Å². The summed E-state index contributed by atoms with van der Waals surface area (Å²) in [5, 5.41) is 11.5. The number of ether oxygens (including phenoxy) is 2. The highest BCUT2D eigenvalue weighted by Crippen LogP contribution is 2.32. The van der Waals surface area contributed by atoms with Crippen LogP contribution in [0.25, 0.3) is 11.0 Å². The van der Waals surface area contributed by atoms with E-state index in [9.17, 15) is 14.0 Å². The van der Waals surface area contributed by atoms with Crippen LogP contribution >= 0.6 is 0 Å². The van der Waals surface area contributed by atoms with Crippen molar-refractivity contribution in [1.29, 1.82) is 0 Å². The van der Waals surface area contributed by atoms with Gasteiger partial charge in [0.1, 0.15) is 35.4 Å². The second-order valence-corrected chi connectivity index (χ2v) is 9.92. The van der Waals surface area contributed by atoms with Crippen LogP contribution in [0, 0.1) is 5.82 Å². The van der Waals surface area contributed by atoms with Gasteiger partial charge in [0.15, 0.2) is 0 Å². The molecule has 1 N–H and O–H groups in total. The summed E-state index contributed by atoms with van der Waals surface area (Å²) in [5.41, 5.74) is 2.57. The van der Waals surface area contributed by atoms with Gasteiger partial charge in [-0.2, -0.15) is 0 Å². The van der Waals surface area contributed by atoms with Crippen LogP contribution in [0.5, 0.6) is 11.5 Å². The molecule has 5 rings (SSSR count). The van der Waals surface area contributed by atoms with Crippen molar-refractivity contribution in [3.05, 3.63) is 83.7 Å². The number of hydrogen-bond donors (Lipinski definition) is 1. The zero-order valence-corrected chi connectivity index (χ0v) is 22.5. The van der Waals surface area contributed by atoms with Gasteiger partial charge in [0.25, 0.3) is 0 Å². The van der Waals surface area contributed by atoms with Gasteiger partial charge >= 0.3 is 0 Å². The van der Waals surface area contributed by atoms with Crippen molar-refractivity contribution < 1.29 is 23.5 Å². The second kappa shape index (κ2) is 12.1. The molecule has 4 aromatic rings. The Balaban J connectivity index is 1.57. The first-order valence-corrected chi connectivity index (χ1v) is 13.3. The van der Waals surface area contributed by atoms with Gasteiger partial charge in [-0.15, -0.1) is 5.10 Å². The third-order valence-electron chi connectivity index (χ3n) is 7.24. The Bertz CT molecular complexity index is 1460. The van der Waals surface area contributed by atoms with E-state index in [0.717, 1.165) is 25.7 Å². The maximum absolute atomic E-state index is 14.1. The molecule has 0 bridgehead atoms. The normalized spacial score (nSPS) is 14.2. The third-order valence-corrected chi connectivity index (χ3v) is 7.24. The third kappa shape index (κ3) is 6.06. The maximum atomic E-state index is 14.1. The highest BCUT2D eigenvalue weighted by molar-refractivity contribution is 5.89. The number of nitrogens with zero attached hydrogens (tertiary/aromatic N) is 4. The van der Waals surface area contributed by atoms with Crippen LogP contribution in [0.4, 0.5) is 4.39 Å². The summed E-state index contributed by atoms with van der Waals surface area (Å²) in [4.78, 5) is 29.6.